The highest BCUT2D eigenvalue weighted by Crippen LogP contribution is 2.55. The van der Waals surface area contributed by atoms with Gasteiger partial charge in [-0.15, -0.1) is 0 Å². The van der Waals surface area contributed by atoms with Gasteiger partial charge in [0.25, 0.3) is 0 Å². The molecule has 51 heavy (non-hydrogen) atoms. The van der Waals surface area contributed by atoms with Gasteiger partial charge in [0.2, 0.25) is 0 Å². The van der Waals surface area contributed by atoms with Gasteiger partial charge in [0.15, 0.2) is 23.0 Å². The number of hydrogen-bond donors (Lipinski definition) is 0. The van der Waals surface area contributed by atoms with Gasteiger partial charge in [0.1, 0.15) is 0 Å². The maximum atomic E-state index is 6.69. The lowest BCUT2D eigenvalue weighted by atomic mass is 9.91. The minimum absolute atomic E-state index is 0.601. The number of fused-ring (bicyclic) bond motifs is 7. The second-order valence-electron chi connectivity index (χ2n) is 13.7. The van der Waals surface area contributed by atoms with Crippen molar-refractivity contribution in [3.63, 3.8) is 0 Å². The lowest BCUT2D eigenvalue weighted by Gasteiger charge is -2.35. The third-order valence-electron chi connectivity index (χ3n) is 11.0. The van der Waals surface area contributed by atoms with Gasteiger partial charge < -0.3 is 19.3 Å². The maximum absolute atomic E-state index is 6.69. The van der Waals surface area contributed by atoms with Crippen LogP contribution >= 0.6 is 0 Å². The topological polar surface area (TPSA) is 24.9 Å². The molecular weight excluding hydrogens is 641 g/mol. The Morgan fingerprint density at radius 2 is 0.843 bits per heavy atom. The first-order chi connectivity index (χ1) is 25.3. The molecule has 0 aromatic heterocycles. The molecule has 0 unspecified atom stereocenters. The quantitative estimate of drug-likeness (QED) is 0.135. The van der Waals surface area contributed by atoms with Crippen LogP contribution in [0.15, 0.2) is 158 Å². The summed E-state index contributed by atoms with van der Waals surface area (Å²) in [6.07, 6.45) is 0. The van der Waals surface area contributed by atoms with E-state index in [1.807, 2.05) is 12.1 Å². The Labute approximate surface area is 296 Å². The predicted octanol–water partition coefficient (Wildman–Crippen LogP) is 10.8. The highest BCUT2D eigenvalue weighted by molar-refractivity contribution is 6.73. The fourth-order valence-corrected chi connectivity index (χ4v) is 10.7. The third-order valence-corrected chi connectivity index (χ3v) is 12.9. The summed E-state index contributed by atoms with van der Waals surface area (Å²) in [7, 11) is -0.601. The molecule has 9 aromatic rings. The van der Waals surface area contributed by atoms with E-state index in [9.17, 15) is 0 Å². The van der Waals surface area contributed by atoms with Gasteiger partial charge in [-0.2, -0.15) is 0 Å². The zero-order chi connectivity index (χ0) is 33.2. The molecule has 0 spiro atoms. The van der Waals surface area contributed by atoms with E-state index in [4.69, 9.17) is 9.47 Å². The summed E-state index contributed by atoms with van der Waals surface area (Å²) in [4.78, 5) is 4.80. The first kappa shape index (κ1) is 27.3. The number of hydrogen-bond acceptors (Lipinski definition) is 4. The average molecular weight is 669 g/mol. The van der Waals surface area contributed by atoms with Crippen LogP contribution in [0, 0.1) is 0 Å². The zero-order valence-corrected chi connectivity index (χ0v) is 28.8. The molecule has 238 valence electrons. The van der Waals surface area contributed by atoms with Crippen LogP contribution in [-0.4, -0.2) is 9.52 Å². The molecule has 12 rings (SSSR count). The number of anilines is 6. The van der Waals surface area contributed by atoms with Gasteiger partial charge in [-0.1, -0.05) is 107 Å². The number of nitrogens with zero attached hydrogens (tertiary/aromatic N) is 2. The normalized spacial score (nSPS) is 14.1. The predicted molar refractivity (Wildman–Crippen MR) is 213 cm³/mol. The molecule has 0 bridgehead atoms. The van der Waals surface area contributed by atoms with Gasteiger partial charge in [-0.3, -0.25) is 0 Å². The van der Waals surface area contributed by atoms with Crippen molar-refractivity contribution >= 4 is 86.3 Å². The van der Waals surface area contributed by atoms with Crippen molar-refractivity contribution in [2.75, 3.05) is 9.80 Å². The van der Waals surface area contributed by atoms with E-state index >= 15 is 0 Å². The van der Waals surface area contributed by atoms with Crippen LogP contribution in [0.1, 0.15) is 0 Å². The molecule has 0 saturated carbocycles. The van der Waals surface area contributed by atoms with Crippen LogP contribution in [0.2, 0.25) is 0 Å². The van der Waals surface area contributed by atoms with Crippen LogP contribution in [0.4, 0.5) is 34.1 Å². The van der Waals surface area contributed by atoms with E-state index in [-0.39, 0.29) is 0 Å². The molecule has 0 aliphatic carbocycles. The smallest absolute Gasteiger partial charge is 0.152 e. The first-order valence-corrected chi connectivity index (χ1v) is 18.9. The Balaban J connectivity index is 1.11. The van der Waals surface area contributed by atoms with E-state index in [0.717, 1.165) is 57.1 Å². The number of rotatable bonds is 2. The molecule has 0 saturated heterocycles. The summed E-state index contributed by atoms with van der Waals surface area (Å²) >= 11 is 0. The molecule has 0 fully saturated rings. The molecule has 0 radical (unpaired) electrons. The van der Waals surface area contributed by atoms with Crippen LogP contribution in [0.3, 0.4) is 0 Å². The molecular formula is C46H28N2O2Si. The zero-order valence-electron chi connectivity index (χ0n) is 27.4. The Bertz CT molecular complexity index is 2890. The summed E-state index contributed by atoms with van der Waals surface area (Å²) in [5.74, 6) is 3.47. The minimum atomic E-state index is -0.601. The van der Waals surface area contributed by atoms with Crippen LogP contribution in [0.25, 0.3) is 43.4 Å². The van der Waals surface area contributed by atoms with Gasteiger partial charge in [-0.05, 0) is 93.3 Å². The molecule has 0 N–H and O–H groups in total. The Hall–Kier alpha value is -6.56. The van der Waals surface area contributed by atoms with Crippen molar-refractivity contribution in [3.8, 4) is 34.1 Å². The number of ether oxygens (including phenoxy) is 2. The van der Waals surface area contributed by atoms with Crippen molar-refractivity contribution in [2.45, 2.75) is 0 Å². The molecule has 9 aromatic carbocycles. The Kier molecular flexibility index (Phi) is 5.35. The Morgan fingerprint density at radius 1 is 0.353 bits per heavy atom. The summed E-state index contributed by atoms with van der Waals surface area (Å²) < 4.78 is 13.1. The SMILES string of the molecule is c1ccc2c(c1)Oc1ccccc1N2c1ccc2ccc3c(N4c5ccccc5Oc5cc6c(cc54)[SiH2]c4ccccc4-6)ccc4ccc1c2c43. The van der Waals surface area contributed by atoms with E-state index in [0.29, 0.717) is 0 Å². The second kappa shape index (κ2) is 10.0. The van der Waals surface area contributed by atoms with Crippen LogP contribution < -0.4 is 29.6 Å². The van der Waals surface area contributed by atoms with Gasteiger partial charge in [0.05, 0.1) is 43.6 Å². The molecule has 5 heteroatoms. The summed E-state index contributed by atoms with van der Waals surface area (Å²) in [5, 5.41) is 10.4. The highest BCUT2D eigenvalue weighted by atomic mass is 28.2. The van der Waals surface area contributed by atoms with Crippen molar-refractivity contribution < 1.29 is 9.47 Å². The summed E-state index contributed by atoms with van der Waals surface area (Å²) in [6, 6.07) is 57.0. The highest BCUT2D eigenvalue weighted by Gasteiger charge is 2.32. The van der Waals surface area contributed by atoms with Crippen LogP contribution in [0.5, 0.6) is 23.0 Å². The van der Waals surface area contributed by atoms with Crippen molar-refractivity contribution in [2.24, 2.45) is 0 Å². The lowest BCUT2D eigenvalue weighted by molar-refractivity contribution is 0.477. The summed E-state index contributed by atoms with van der Waals surface area (Å²) in [5.41, 5.74) is 9.19. The molecule has 3 aliphatic heterocycles. The van der Waals surface area contributed by atoms with Crippen molar-refractivity contribution in [1.82, 2.24) is 0 Å². The minimum Gasteiger partial charge on any atom is -0.453 e. The molecule has 3 heterocycles. The maximum Gasteiger partial charge on any atom is 0.152 e. The third kappa shape index (κ3) is 3.73. The molecule has 3 aliphatic rings. The van der Waals surface area contributed by atoms with E-state index < -0.39 is 9.52 Å². The van der Waals surface area contributed by atoms with E-state index in [1.165, 1.54) is 53.8 Å². The number of para-hydroxylation sites is 6. The van der Waals surface area contributed by atoms with Crippen LogP contribution in [-0.2, 0) is 0 Å². The average Bonchev–Trinajstić information content (AvgIpc) is 3.54. The standard InChI is InChI=1S/C46H28N2O2Si/c1-8-16-43-29(9-1)32-25-42-38(26-44(32)51-43)48(37-12-4-7-15-41(37)50-42)34-24-20-28-17-21-30-33(23-19-27-18-22-31(34)46(28)45(27)30)47-35-10-2-5-13-39(35)49-40-14-6-3-11-36(40)47/h1-26H,51H2. The molecule has 0 atom stereocenters. The number of benzene rings is 9. The van der Waals surface area contributed by atoms with Crippen molar-refractivity contribution in [1.29, 1.82) is 0 Å². The monoisotopic (exact) mass is 668 g/mol. The summed E-state index contributed by atoms with van der Waals surface area (Å²) in [6.45, 7) is 0. The van der Waals surface area contributed by atoms with Crippen molar-refractivity contribution in [3.05, 3.63) is 158 Å². The molecule has 0 amide bonds. The lowest BCUT2D eigenvalue weighted by Crippen LogP contribution is -2.23. The van der Waals surface area contributed by atoms with E-state index in [2.05, 4.69) is 155 Å². The second-order valence-corrected chi connectivity index (χ2v) is 15.6. The fourth-order valence-electron chi connectivity index (χ4n) is 8.77. The van der Waals surface area contributed by atoms with Gasteiger partial charge in [0, 0.05) is 10.8 Å². The van der Waals surface area contributed by atoms with E-state index in [1.54, 1.807) is 0 Å². The molecule has 4 nitrogen and oxygen atoms in total. The first-order valence-electron chi connectivity index (χ1n) is 17.5. The fraction of sp³-hybridized carbons (Fsp3) is 0. The Morgan fingerprint density at radius 3 is 1.45 bits per heavy atom. The van der Waals surface area contributed by atoms with Gasteiger partial charge >= 0.3 is 0 Å². The largest absolute Gasteiger partial charge is 0.453 e. The van der Waals surface area contributed by atoms with Gasteiger partial charge in [-0.25, -0.2) is 0 Å².